The Morgan fingerprint density at radius 3 is 2.62 bits per heavy atom. The number of hydrogen-bond donors (Lipinski definition) is 0. The lowest BCUT2D eigenvalue weighted by molar-refractivity contribution is 0.0526. The van der Waals surface area contributed by atoms with Crippen molar-refractivity contribution >= 4 is 22.4 Å². The van der Waals surface area contributed by atoms with E-state index in [-0.39, 0.29) is 5.97 Å². The molecular formula is C19H25N3O3S. The summed E-state index contributed by atoms with van der Waals surface area (Å²) in [5.41, 5.74) is 0.553. The molecule has 6 nitrogen and oxygen atoms in total. The highest BCUT2D eigenvalue weighted by molar-refractivity contribution is 7.13. The molecule has 2 heterocycles. The van der Waals surface area contributed by atoms with Gasteiger partial charge in [-0.2, -0.15) is 0 Å². The summed E-state index contributed by atoms with van der Waals surface area (Å²) >= 11 is 1.70. The number of hydrogen-bond acceptors (Lipinski definition) is 7. The highest BCUT2D eigenvalue weighted by Gasteiger charge is 2.18. The van der Waals surface area contributed by atoms with E-state index in [1.807, 2.05) is 23.7 Å². The van der Waals surface area contributed by atoms with Gasteiger partial charge in [0.05, 0.1) is 18.8 Å². The van der Waals surface area contributed by atoms with Gasteiger partial charge in [-0.15, -0.1) is 11.3 Å². The van der Waals surface area contributed by atoms with Crippen LogP contribution in [0.2, 0.25) is 0 Å². The fraction of sp³-hybridized carbons (Fsp3) is 0.474. The van der Waals surface area contributed by atoms with Crippen molar-refractivity contribution in [3.8, 4) is 5.75 Å². The number of esters is 1. The number of nitrogens with zero attached hydrogens (tertiary/aromatic N) is 3. The van der Waals surface area contributed by atoms with Gasteiger partial charge in [-0.3, -0.25) is 4.90 Å². The van der Waals surface area contributed by atoms with E-state index in [4.69, 9.17) is 9.47 Å². The van der Waals surface area contributed by atoms with E-state index in [1.165, 1.54) is 0 Å². The lowest BCUT2D eigenvalue weighted by Gasteiger charge is -2.34. The zero-order valence-corrected chi connectivity index (χ0v) is 15.9. The summed E-state index contributed by atoms with van der Waals surface area (Å²) in [6.07, 6.45) is 2.85. The molecule has 0 bridgehead atoms. The molecule has 0 radical (unpaired) electrons. The van der Waals surface area contributed by atoms with Gasteiger partial charge in [0.2, 0.25) is 0 Å². The molecule has 2 aromatic rings. The van der Waals surface area contributed by atoms with E-state index in [1.54, 1.807) is 30.4 Å². The zero-order valence-electron chi connectivity index (χ0n) is 15.1. The second-order valence-corrected chi connectivity index (χ2v) is 6.96. The van der Waals surface area contributed by atoms with Crippen LogP contribution in [0.1, 0.15) is 23.7 Å². The Hall–Kier alpha value is -2.12. The van der Waals surface area contributed by atoms with Crippen molar-refractivity contribution in [2.75, 3.05) is 50.8 Å². The van der Waals surface area contributed by atoms with Gasteiger partial charge in [-0.25, -0.2) is 9.78 Å². The summed E-state index contributed by atoms with van der Waals surface area (Å²) in [7, 11) is 0. The quantitative estimate of drug-likeness (QED) is 0.522. The number of carbonyl (C=O) groups is 1. The highest BCUT2D eigenvalue weighted by Crippen LogP contribution is 2.19. The summed E-state index contributed by atoms with van der Waals surface area (Å²) in [4.78, 5) is 20.8. The Morgan fingerprint density at radius 1 is 1.19 bits per heavy atom. The molecule has 1 saturated heterocycles. The van der Waals surface area contributed by atoms with Crippen LogP contribution in [0.5, 0.6) is 5.75 Å². The first-order valence-electron chi connectivity index (χ1n) is 9.03. The van der Waals surface area contributed by atoms with Crippen LogP contribution in [-0.4, -0.2) is 61.8 Å². The van der Waals surface area contributed by atoms with Crippen LogP contribution in [0, 0.1) is 0 Å². The van der Waals surface area contributed by atoms with Crippen molar-refractivity contribution in [2.45, 2.75) is 13.3 Å². The van der Waals surface area contributed by atoms with E-state index in [2.05, 4.69) is 14.8 Å². The number of thiazole rings is 1. The molecular weight excluding hydrogens is 350 g/mol. The largest absolute Gasteiger partial charge is 0.494 e. The second kappa shape index (κ2) is 9.54. The molecule has 0 saturated carbocycles. The third-order valence-corrected chi connectivity index (χ3v) is 5.15. The molecule has 140 valence electrons. The standard InChI is InChI=1S/C19H25N3O3S/c1-2-24-18(23)16-4-6-17(7-5-16)25-14-3-9-21-10-12-22(13-11-21)19-20-8-15-26-19/h4-8,15H,2-3,9-14H2,1H3. The molecule has 1 fully saturated rings. The maximum Gasteiger partial charge on any atom is 0.338 e. The fourth-order valence-electron chi connectivity index (χ4n) is 2.91. The minimum atomic E-state index is -0.295. The lowest BCUT2D eigenvalue weighted by atomic mass is 10.2. The average Bonchev–Trinajstić information content (AvgIpc) is 3.21. The van der Waals surface area contributed by atoms with E-state index in [0.717, 1.165) is 50.0 Å². The summed E-state index contributed by atoms with van der Waals surface area (Å²) in [6.45, 7) is 8.08. The van der Waals surface area contributed by atoms with Gasteiger partial charge in [0, 0.05) is 44.3 Å². The Bertz CT molecular complexity index is 668. The number of rotatable bonds is 8. The fourth-order valence-corrected chi connectivity index (χ4v) is 3.61. The molecule has 1 aromatic heterocycles. The molecule has 0 atom stereocenters. The Kier molecular flexibility index (Phi) is 6.85. The smallest absolute Gasteiger partial charge is 0.338 e. The van der Waals surface area contributed by atoms with E-state index >= 15 is 0 Å². The van der Waals surface area contributed by atoms with Crippen molar-refractivity contribution in [3.63, 3.8) is 0 Å². The van der Waals surface area contributed by atoms with Crippen molar-refractivity contribution in [2.24, 2.45) is 0 Å². The Balaban J connectivity index is 1.33. The SMILES string of the molecule is CCOC(=O)c1ccc(OCCCN2CCN(c3nccs3)CC2)cc1. The first-order chi connectivity index (χ1) is 12.8. The van der Waals surface area contributed by atoms with Crippen LogP contribution in [0.4, 0.5) is 5.13 Å². The van der Waals surface area contributed by atoms with Crippen molar-refractivity contribution in [1.29, 1.82) is 0 Å². The number of piperazine rings is 1. The number of ether oxygens (including phenoxy) is 2. The van der Waals surface area contributed by atoms with Gasteiger partial charge in [-0.1, -0.05) is 0 Å². The molecule has 0 N–H and O–H groups in total. The van der Waals surface area contributed by atoms with Crippen molar-refractivity contribution in [3.05, 3.63) is 41.4 Å². The van der Waals surface area contributed by atoms with Gasteiger partial charge in [0.25, 0.3) is 0 Å². The van der Waals surface area contributed by atoms with E-state index < -0.39 is 0 Å². The van der Waals surface area contributed by atoms with E-state index in [0.29, 0.717) is 18.8 Å². The third kappa shape index (κ3) is 5.19. The summed E-state index contributed by atoms with van der Waals surface area (Å²) in [5.74, 6) is 0.488. The van der Waals surface area contributed by atoms with Crippen LogP contribution in [0.25, 0.3) is 0 Å². The predicted molar refractivity (Wildman–Crippen MR) is 103 cm³/mol. The van der Waals surface area contributed by atoms with Crippen LogP contribution in [-0.2, 0) is 4.74 Å². The molecule has 3 rings (SSSR count). The molecule has 1 aliphatic rings. The second-order valence-electron chi connectivity index (χ2n) is 6.09. The molecule has 0 unspecified atom stereocenters. The summed E-state index contributed by atoms with van der Waals surface area (Å²) < 4.78 is 10.7. The topological polar surface area (TPSA) is 54.9 Å². The molecule has 7 heteroatoms. The van der Waals surface area contributed by atoms with Crippen LogP contribution >= 0.6 is 11.3 Å². The lowest BCUT2D eigenvalue weighted by Crippen LogP contribution is -2.46. The molecule has 0 amide bonds. The number of aromatic nitrogens is 1. The van der Waals surface area contributed by atoms with Gasteiger partial charge < -0.3 is 14.4 Å². The predicted octanol–water partition coefficient (Wildman–Crippen LogP) is 2.91. The van der Waals surface area contributed by atoms with Crippen LogP contribution in [0.3, 0.4) is 0 Å². The maximum atomic E-state index is 11.6. The van der Waals surface area contributed by atoms with Crippen molar-refractivity contribution < 1.29 is 14.3 Å². The van der Waals surface area contributed by atoms with Gasteiger partial charge in [0.1, 0.15) is 5.75 Å². The molecule has 1 aliphatic heterocycles. The molecule has 26 heavy (non-hydrogen) atoms. The van der Waals surface area contributed by atoms with Crippen LogP contribution < -0.4 is 9.64 Å². The Labute approximate surface area is 158 Å². The van der Waals surface area contributed by atoms with Gasteiger partial charge in [0.15, 0.2) is 5.13 Å². The van der Waals surface area contributed by atoms with Gasteiger partial charge in [-0.05, 0) is 37.6 Å². The normalized spacial score (nSPS) is 15.0. The highest BCUT2D eigenvalue weighted by atomic mass is 32.1. The summed E-state index contributed by atoms with van der Waals surface area (Å²) in [5, 5.41) is 3.15. The first kappa shape index (κ1) is 18.7. The average molecular weight is 375 g/mol. The van der Waals surface area contributed by atoms with E-state index in [9.17, 15) is 4.79 Å². The van der Waals surface area contributed by atoms with Gasteiger partial charge >= 0.3 is 5.97 Å². The molecule has 0 spiro atoms. The Morgan fingerprint density at radius 2 is 1.96 bits per heavy atom. The number of carbonyl (C=O) groups excluding carboxylic acids is 1. The van der Waals surface area contributed by atoms with Crippen molar-refractivity contribution in [1.82, 2.24) is 9.88 Å². The monoisotopic (exact) mass is 375 g/mol. The minimum Gasteiger partial charge on any atom is -0.494 e. The van der Waals surface area contributed by atoms with Crippen LogP contribution in [0.15, 0.2) is 35.8 Å². The number of benzene rings is 1. The minimum absolute atomic E-state index is 0.295. The first-order valence-corrected chi connectivity index (χ1v) is 9.91. The number of anilines is 1. The molecule has 1 aromatic carbocycles. The maximum absolute atomic E-state index is 11.6. The third-order valence-electron chi connectivity index (χ3n) is 4.31. The zero-order chi connectivity index (χ0) is 18.2. The molecule has 0 aliphatic carbocycles. The summed E-state index contributed by atoms with van der Waals surface area (Å²) in [6, 6.07) is 7.12.